The minimum Gasteiger partial charge on any atom is -0.378 e. The lowest BCUT2D eigenvalue weighted by atomic mass is 10.0. The lowest BCUT2D eigenvalue weighted by molar-refractivity contribution is 0.0232. The van der Waals surface area contributed by atoms with E-state index in [0.29, 0.717) is 17.7 Å². The molecular formula is C12H15N3O. The summed E-state index contributed by atoms with van der Waals surface area (Å²) in [5, 5.41) is 12.0. The number of aromatic nitrogens is 1. The van der Waals surface area contributed by atoms with Gasteiger partial charge in [-0.15, -0.1) is 0 Å². The largest absolute Gasteiger partial charge is 0.378 e. The maximum atomic E-state index is 8.66. The number of hydrogen-bond acceptors (Lipinski definition) is 4. The van der Waals surface area contributed by atoms with E-state index < -0.39 is 0 Å². The molecule has 16 heavy (non-hydrogen) atoms. The van der Waals surface area contributed by atoms with Gasteiger partial charge < -0.3 is 10.1 Å². The summed E-state index contributed by atoms with van der Waals surface area (Å²) >= 11 is 0. The maximum Gasteiger partial charge on any atom is 0.126 e. The number of anilines is 1. The molecular weight excluding hydrogens is 202 g/mol. The van der Waals surface area contributed by atoms with Crippen LogP contribution in [0.2, 0.25) is 0 Å². The Labute approximate surface area is 95.3 Å². The van der Waals surface area contributed by atoms with Crippen LogP contribution in [0.25, 0.3) is 0 Å². The fourth-order valence-corrected chi connectivity index (χ4v) is 1.88. The summed E-state index contributed by atoms with van der Waals surface area (Å²) in [4.78, 5) is 4.19. The molecule has 0 spiro atoms. The zero-order valence-electron chi connectivity index (χ0n) is 9.31. The number of nitriles is 1. The van der Waals surface area contributed by atoms with Gasteiger partial charge in [0.2, 0.25) is 0 Å². The van der Waals surface area contributed by atoms with Crippen molar-refractivity contribution in [2.45, 2.75) is 31.9 Å². The van der Waals surface area contributed by atoms with Crippen molar-refractivity contribution in [1.82, 2.24) is 4.98 Å². The number of hydrogen-bond donors (Lipinski definition) is 1. The van der Waals surface area contributed by atoms with Crippen LogP contribution in [0.3, 0.4) is 0 Å². The van der Waals surface area contributed by atoms with Crippen LogP contribution in [0.4, 0.5) is 5.82 Å². The van der Waals surface area contributed by atoms with Gasteiger partial charge in [-0.1, -0.05) is 0 Å². The van der Waals surface area contributed by atoms with Gasteiger partial charge in [0.1, 0.15) is 11.9 Å². The van der Waals surface area contributed by atoms with Crippen LogP contribution >= 0.6 is 0 Å². The summed E-state index contributed by atoms with van der Waals surface area (Å²) < 4.78 is 5.48. The normalized spacial score (nSPS) is 24.8. The first kappa shape index (κ1) is 10.9. The molecule has 1 aromatic heterocycles. The Hall–Kier alpha value is -1.60. The van der Waals surface area contributed by atoms with E-state index >= 15 is 0 Å². The summed E-state index contributed by atoms with van der Waals surface area (Å²) in [6.07, 6.45) is 3.91. The summed E-state index contributed by atoms with van der Waals surface area (Å²) in [5.74, 6) is 0.832. The van der Waals surface area contributed by atoms with E-state index in [1.54, 1.807) is 12.3 Å². The first-order valence-corrected chi connectivity index (χ1v) is 5.52. The van der Waals surface area contributed by atoms with Gasteiger partial charge in [-0.2, -0.15) is 5.26 Å². The Morgan fingerprint density at radius 3 is 3.06 bits per heavy atom. The van der Waals surface area contributed by atoms with Crippen molar-refractivity contribution in [3.05, 3.63) is 23.9 Å². The highest BCUT2D eigenvalue weighted by atomic mass is 16.5. The van der Waals surface area contributed by atoms with E-state index in [0.717, 1.165) is 25.3 Å². The first-order chi connectivity index (χ1) is 7.78. The Morgan fingerprint density at radius 1 is 1.56 bits per heavy atom. The van der Waals surface area contributed by atoms with Gasteiger partial charge in [0.25, 0.3) is 0 Å². The second-order valence-corrected chi connectivity index (χ2v) is 4.09. The average molecular weight is 217 g/mol. The van der Waals surface area contributed by atoms with Crippen molar-refractivity contribution in [2.24, 2.45) is 0 Å². The number of pyridine rings is 1. The Bertz CT molecular complexity index is 382. The molecule has 0 aliphatic carbocycles. The van der Waals surface area contributed by atoms with Crippen LogP contribution in [0.1, 0.15) is 25.3 Å². The minimum absolute atomic E-state index is 0.310. The van der Waals surface area contributed by atoms with Gasteiger partial charge in [-0.3, -0.25) is 0 Å². The van der Waals surface area contributed by atoms with Crippen molar-refractivity contribution < 1.29 is 4.74 Å². The van der Waals surface area contributed by atoms with E-state index in [9.17, 15) is 0 Å². The molecule has 1 aromatic rings. The van der Waals surface area contributed by atoms with Crippen LogP contribution in [0.5, 0.6) is 0 Å². The molecule has 1 fully saturated rings. The van der Waals surface area contributed by atoms with E-state index in [-0.39, 0.29) is 0 Å². The highest BCUT2D eigenvalue weighted by Gasteiger charge is 2.19. The second-order valence-electron chi connectivity index (χ2n) is 4.09. The SMILES string of the molecule is CC1CC(Nc2ccc(C#N)cn2)CCO1. The smallest absolute Gasteiger partial charge is 0.126 e. The predicted molar refractivity (Wildman–Crippen MR) is 61.0 cm³/mol. The first-order valence-electron chi connectivity index (χ1n) is 5.52. The molecule has 2 atom stereocenters. The predicted octanol–water partition coefficient (Wildman–Crippen LogP) is 1.93. The zero-order chi connectivity index (χ0) is 11.4. The van der Waals surface area contributed by atoms with Gasteiger partial charge in [-0.25, -0.2) is 4.98 Å². The topological polar surface area (TPSA) is 57.9 Å². The molecule has 0 aromatic carbocycles. The van der Waals surface area contributed by atoms with Gasteiger partial charge in [0.05, 0.1) is 11.7 Å². The number of rotatable bonds is 2. The molecule has 0 radical (unpaired) electrons. The monoisotopic (exact) mass is 217 g/mol. The molecule has 0 bridgehead atoms. The standard InChI is InChI=1S/C12H15N3O/c1-9-6-11(4-5-16-9)15-12-3-2-10(7-13)8-14-12/h2-3,8-9,11H,4-6H2,1H3,(H,14,15). The molecule has 1 aliphatic heterocycles. The Kier molecular flexibility index (Phi) is 3.37. The molecule has 84 valence electrons. The summed E-state index contributed by atoms with van der Waals surface area (Å²) in [6, 6.07) is 6.10. The molecule has 4 heteroatoms. The van der Waals surface area contributed by atoms with Crippen LogP contribution < -0.4 is 5.32 Å². The van der Waals surface area contributed by atoms with Gasteiger partial charge in [0, 0.05) is 18.8 Å². The number of ether oxygens (including phenoxy) is 1. The average Bonchev–Trinajstić information content (AvgIpc) is 2.30. The van der Waals surface area contributed by atoms with Gasteiger partial charge >= 0.3 is 0 Å². The Balaban J connectivity index is 1.95. The lowest BCUT2D eigenvalue weighted by Gasteiger charge is -2.28. The van der Waals surface area contributed by atoms with Crippen molar-refractivity contribution in [3.63, 3.8) is 0 Å². The second kappa shape index (κ2) is 4.95. The molecule has 1 saturated heterocycles. The third-order valence-corrected chi connectivity index (χ3v) is 2.73. The van der Waals surface area contributed by atoms with E-state index in [1.165, 1.54) is 0 Å². The van der Waals surface area contributed by atoms with Crippen LogP contribution in [-0.2, 0) is 4.74 Å². The van der Waals surface area contributed by atoms with Crippen LogP contribution in [-0.4, -0.2) is 23.7 Å². The van der Waals surface area contributed by atoms with Crippen LogP contribution in [0, 0.1) is 11.3 Å². The minimum atomic E-state index is 0.310. The molecule has 2 heterocycles. The molecule has 0 amide bonds. The summed E-state index contributed by atoms with van der Waals surface area (Å²) in [7, 11) is 0. The van der Waals surface area contributed by atoms with Gasteiger partial charge in [0.15, 0.2) is 0 Å². The quantitative estimate of drug-likeness (QED) is 0.822. The molecule has 1 N–H and O–H groups in total. The van der Waals surface area contributed by atoms with Crippen molar-refractivity contribution in [2.75, 3.05) is 11.9 Å². The highest BCUT2D eigenvalue weighted by molar-refractivity contribution is 5.39. The lowest BCUT2D eigenvalue weighted by Crippen LogP contribution is -2.32. The molecule has 0 saturated carbocycles. The van der Waals surface area contributed by atoms with E-state index in [1.807, 2.05) is 6.07 Å². The Morgan fingerprint density at radius 2 is 2.44 bits per heavy atom. The number of nitrogens with one attached hydrogen (secondary N) is 1. The van der Waals surface area contributed by atoms with E-state index in [4.69, 9.17) is 10.00 Å². The molecule has 1 aliphatic rings. The van der Waals surface area contributed by atoms with Crippen LogP contribution in [0.15, 0.2) is 18.3 Å². The van der Waals surface area contributed by atoms with Crippen molar-refractivity contribution in [3.8, 4) is 6.07 Å². The van der Waals surface area contributed by atoms with Crippen molar-refractivity contribution in [1.29, 1.82) is 5.26 Å². The molecule has 2 unspecified atom stereocenters. The van der Waals surface area contributed by atoms with E-state index in [2.05, 4.69) is 23.3 Å². The summed E-state index contributed by atoms with van der Waals surface area (Å²) in [6.45, 7) is 2.88. The molecule has 2 rings (SSSR count). The molecule has 4 nitrogen and oxygen atoms in total. The fraction of sp³-hybridized carbons (Fsp3) is 0.500. The third-order valence-electron chi connectivity index (χ3n) is 2.73. The fourth-order valence-electron chi connectivity index (χ4n) is 1.88. The summed E-state index contributed by atoms with van der Waals surface area (Å²) in [5.41, 5.74) is 0.589. The zero-order valence-corrected chi connectivity index (χ0v) is 9.31. The number of nitrogens with zero attached hydrogens (tertiary/aromatic N) is 2. The van der Waals surface area contributed by atoms with Crippen molar-refractivity contribution >= 4 is 5.82 Å². The highest BCUT2D eigenvalue weighted by Crippen LogP contribution is 2.17. The maximum absolute atomic E-state index is 8.66. The van der Waals surface area contributed by atoms with Gasteiger partial charge in [-0.05, 0) is 31.9 Å². The third kappa shape index (κ3) is 2.71.